The molecule has 0 bridgehead atoms. The van der Waals surface area contributed by atoms with Gasteiger partial charge in [-0.1, -0.05) is 90.9 Å². The first-order valence-electron chi connectivity index (χ1n) is 11.4. The topological polar surface area (TPSA) is 55.1 Å². The Morgan fingerprint density at radius 1 is 0.969 bits per heavy atom. The van der Waals surface area contributed by atoms with Gasteiger partial charge in [-0.2, -0.15) is 5.10 Å². The van der Waals surface area contributed by atoms with E-state index in [0.717, 1.165) is 17.7 Å². The van der Waals surface area contributed by atoms with E-state index in [1.54, 1.807) is 0 Å². The number of benzene rings is 2. The van der Waals surface area contributed by atoms with Crippen LogP contribution in [0, 0.1) is 11.3 Å². The maximum absolute atomic E-state index is 12.5. The number of hydrogen-bond donors (Lipinski definition) is 1. The van der Waals surface area contributed by atoms with Crippen LogP contribution in [0.4, 0.5) is 0 Å². The normalized spacial score (nSPS) is 13.2. The molecular formula is C28H36N2O2. The fourth-order valence-corrected chi connectivity index (χ4v) is 4.43. The third-order valence-electron chi connectivity index (χ3n) is 5.70. The third-order valence-corrected chi connectivity index (χ3v) is 5.70. The highest BCUT2D eigenvalue weighted by Gasteiger charge is 2.27. The Morgan fingerprint density at radius 3 is 2.06 bits per heavy atom. The first-order valence-corrected chi connectivity index (χ1v) is 11.4. The van der Waals surface area contributed by atoms with E-state index in [4.69, 9.17) is 5.10 Å². The second-order valence-electron chi connectivity index (χ2n) is 11.1. The van der Waals surface area contributed by atoms with Gasteiger partial charge >= 0.3 is 5.97 Å². The van der Waals surface area contributed by atoms with E-state index in [-0.39, 0.29) is 10.8 Å². The van der Waals surface area contributed by atoms with Gasteiger partial charge in [0.15, 0.2) is 0 Å². The highest BCUT2D eigenvalue weighted by atomic mass is 16.4. The third kappa shape index (κ3) is 5.48. The molecule has 2 aromatic carbocycles. The van der Waals surface area contributed by atoms with Crippen molar-refractivity contribution < 1.29 is 9.90 Å². The SMILES string of the molecule is CC(Cc1nn(-c2ccc(C(C)(C)C)cc2)c(-c2ccccc2)c1C(=O)O)CC(C)(C)C. The molecule has 1 aromatic heterocycles. The number of aromatic nitrogens is 2. The fourth-order valence-electron chi connectivity index (χ4n) is 4.43. The minimum atomic E-state index is -0.931. The second kappa shape index (κ2) is 8.93. The predicted molar refractivity (Wildman–Crippen MR) is 132 cm³/mol. The molecule has 4 nitrogen and oxygen atoms in total. The molecule has 0 aliphatic heterocycles. The highest BCUT2D eigenvalue weighted by molar-refractivity contribution is 5.96. The molecule has 4 heteroatoms. The van der Waals surface area contributed by atoms with E-state index in [9.17, 15) is 9.90 Å². The van der Waals surface area contributed by atoms with E-state index in [0.29, 0.717) is 29.3 Å². The van der Waals surface area contributed by atoms with Crippen LogP contribution in [0.3, 0.4) is 0 Å². The van der Waals surface area contributed by atoms with Gasteiger partial charge in [-0.15, -0.1) is 0 Å². The largest absolute Gasteiger partial charge is 0.478 e. The lowest BCUT2D eigenvalue weighted by Crippen LogP contribution is -2.14. The van der Waals surface area contributed by atoms with Crippen molar-refractivity contribution in [2.75, 3.05) is 0 Å². The van der Waals surface area contributed by atoms with Crippen LogP contribution in [0.25, 0.3) is 16.9 Å². The molecule has 0 radical (unpaired) electrons. The maximum atomic E-state index is 12.5. The molecule has 1 heterocycles. The molecule has 0 aliphatic carbocycles. The van der Waals surface area contributed by atoms with Crippen LogP contribution in [0.15, 0.2) is 54.6 Å². The number of carboxylic acids is 1. The summed E-state index contributed by atoms with van der Waals surface area (Å²) in [6.45, 7) is 15.4. The van der Waals surface area contributed by atoms with Crippen molar-refractivity contribution >= 4 is 5.97 Å². The van der Waals surface area contributed by atoms with Crippen LogP contribution in [0.2, 0.25) is 0 Å². The lowest BCUT2D eigenvalue weighted by molar-refractivity contribution is 0.0696. The predicted octanol–water partition coefficient (Wildman–Crippen LogP) is 7.15. The number of hydrogen-bond acceptors (Lipinski definition) is 2. The molecule has 1 atom stereocenters. The molecular weight excluding hydrogens is 396 g/mol. The van der Waals surface area contributed by atoms with Gasteiger partial charge in [-0.05, 0) is 47.3 Å². The van der Waals surface area contributed by atoms with Gasteiger partial charge in [-0.3, -0.25) is 0 Å². The van der Waals surface area contributed by atoms with Crippen LogP contribution in [0.5, 0.6) is 0 Å². The van der Waals surface area contributed by atoms with Crippen molar-refractivity contribution in [2.45, 2.75) is 66.7 Å². The van der Waals surface area contributed by atoms with E-state index in [1.807, 2.05) is 47.1 Å². The molecule has 0 saturated heterocycles. The number of rotatable bonds is 6. The molecule has 1 N–H and O–H groups in total. The van der Waals surface area contributed by atoms with Crippen molar-refractivity contribution in [3.8, 4) is 16.9 Å². The lowest BCUT2D eigenvalue weighted by Gasteiger charge is -2.22. The Morgan fingerprint density at radius 2 is 1.56 bits per heavy atom. The van der Waals surface area contributed by atoms with E-state index < -0.39 is 5.97 Å². The van der Waals surface area contributed by atoms with Crippen LogP contribution in [-0.4, -0.2) is 20.9 Å². The van der Waals surface area contributed by atoms with Crippen molar-refractivity contribution in [3.05, 3.63) is 71.4 Å². The van der Waals surface area contributed by atoms with Gasteiger partial charge < -0.3 is 5.11 Å². The smallest absolute Gasteiger partial charge is 0.339 e. The highest BCUT2D eigenvalue weighted by Crippen LogP contribution is 2.33. The maximum Gasteiger partial charge on any atom is 0.339 e. The van der Waals surface area contributed by atoms with E-state index >= 15 is 0 Å². The Balaban J connectivity index is 2.16. The van der Waals surface area contributed by atoms with Gasteiger partial charge in [-0.25, -0.2) is 9.48 Å². The summed E-state index contributed by atoms with van der Waals surface area (Å²) in [6.07, 6.45) is 1.63. The summed E-state index contributed by atoms with van der Waals surface area (Å²) in [5.74, 6) is -0.609. The quantitative estimate of drug-likeness (QED) is 0.450. The average Bonchev–Trinajstić information content (AvgIpc) is 3.05. The molecule has 32 heavy (non-hydrogen) atoms. The summed E-state index contributed by atoms with van der Waals surface area (Å²) in [5, 5.41) is 15.1. The second-order valence-corrected chi connectivity index (χ2v) is 11.1. The average molecular weight is 433 g/mol. The molecule has 0 amide bonds. The standard InChI is InChI=1S/C28H36N2O2/c1-19(18-27(2,3)4)17-23-24(26(31)32)25(20-11-9-8-10-12-20)30(29-23)22-15-13-21(14-16-22)28(5,6)7/h8-16,19H,17-18H2,1-7H3,(H,31,32). The molecule has 0 spiro atoms. The number of carboxylic acid groups (broad SMARTS) is 1. The minimum absolute atomic E-state index is 0.0463. The van der Waals surface area contributed by atoms with Crippen molar-refractivity contribution in [2.24, 2.45) is 11.3 Å². The Kier molecular flexibility index (Phi) is 6.64. The summed E-state index contributed by atoms with van der Waals surface area (Å²) in [6, 6.07) is 18.0. The van der Waals surface area contributed by atoms with Crippen molar-refractivity contribution in [3.63, 3.8) is 0 Å². The van der Waals surface area contributed by atoms with Gasteiger partial charge in [0.2, 0.25) is 0 Å². The number of nitrogens with zero attached hydrogens (tertiary/aromatic N) is 2. The van der Waals surface area contributed by atoms with E-state index in [1.165, 1.54) is 5.56 Å². The van der Waals surface area contributed by atoms with E-state index in [2.05, 4.69) is 60.6 Å². The Bertz CT molecular complexity index is 1070. The first-order chi connectivity index (χ1) is 14.9. The molecule has 0 saturated carbocycles. The summed E-state index contributed by atoms with van der Waals surface area (Å²) >= 11 is 0. The van der Waals surface area contributed by atoms with Crippen molar-refractivity contribution in [1.29, 1.82) is 0 Å². The first kappa shape index (κ1) is 23.8. The molecule has 3 aromatic rings. The summed E-state index contributed by atoms with van der Waals surface area (Å²) in [5.41, 5.74) is 4.76. The molecule has 3 rings (SSSR count). The summed E-state index contributed by atoms with van der Waals surface area (Å²) in [4.78, 5) is 12.5. The number of aromatic carboxylic acids is 1. The minimum Gasteiger partial charge on any atom is -0.478 e. The Labute approximate surface area is 192 Å². The van der Waals surface area contributed by atoms with Crippen LogP contribution in [-0.2, 0) is 11.8 Å². The van der Waals surface area contributed by atoms with Crippen molar-refractivity contribution in [1.82, 2.24) is 9.78 Å². The molecule has 0 fully saturated rings. The number of carbonyl (C=O) groups is 1. The van der Waals surface area contributed by atoms with Crippen LogP contribution in [0.1, 0.15) is 76.5 Å². The molecule has 0 aliphatic rings. The van der Waals surface area contributed by atoms with Crippen LogP contribution < -0.4 is 0 Å². The zero-order chi connectivity index (χ0) is 23.7. The van der Waals surface area contributed by atoms with Gasteiger partial charge in [0.05, 0.1) is 17.1 Å². The van der Waals surface area contributed by atoms with Crippen LogP contribution >= 0.6 is 0 Å². The molecule has 1 unspecified atom stereocenters. The summed E-state index contributed by atoms with van der Waals surface area (Å²) < 4.78 is 1.81. The summed E-state index contributed by atoms with van der Waals surface area (Å²) in [7, 11) is 0. The van der Waals surface area contributed by atoms with Gasteiger partial charge in [0.1, 0.15) is 5.56 Å². The van der Waals surface area contributed by atoms with Gasteiger partial charge in [0, 0.05) is 5.56 Å². The zero-order valence-electron chi connectivity index (χ0n) is 20.4. The zero-order valence-corrected chi connectivity index (χ0v) is 20.4. The Hall–Kier alpha value is -2.88. The lowest BCUT2D eigenvalue weighted by atomic mass is 9.83. The fraction of sp³-hybridized carbons (Fsp3) is 0.429. The monoisotopic (exact) mass is 432 g/mol. The molecule has 170 valence electrons. The van der Waals surface area contributed by atoms with Gasteiger partial charge in [0.25, 0.3) is 0 Å².